The number of esters is 1. The van der Waals surface area contributed by atoms with Crippen molar-refractivity contribution in [2.24, 2.45) is 0 Å². The van der Waals surface area contributed by atoms with Crippen LogP contribution in [0.15, 0.2) is 0 Å². The summed E-state index contributed by atoms with van der Waals surface area (Å²) < 4.78 is 4.49. The Morgan fingerprint density at radius 1 is 1.43 bits per heavy atom. The number of rotatable bonds is 6. The van der Waals surface area contributed by atoms with E-state index in [1.165, 1.54) is 14.0 Å². The molecule has 0 aliphatic carbocycles. The smallest absolute Gasteiger partial charge is 0.329 e. The number of ether oxygens (including phenoxy) is 1. The molecule has 0 aromatic rings. The largest absolute Gasteiger partial charge is 0.467 e. The van der Waals surface area contributed by atoms with Crippen LogP contribution in [0.1, 0.15) is 13.8 Å². The maximum absolute atomic E-state index is 11.1. The summed E-state index contributed by atoms with van der Waals surface area (Å²) in [6.45, 7) is 3.79. The van der Waals surface area contributed by atoms with E-state index in [4.69, 9.17) is 4.84 Å². The molecule has 1 atom stereocenters. The van der Waals surface area contributed by atoms with Crippen LogP contribution in [0, 0.1) is 0 Å². The van der Waals surface area contributed by atoms with E-state index >= 15 is 0 Å². The summed E-state index contributed by atoms with van der Waals surface area (Å²) in [7, 11) is 1.26. The number of amides is 1. The molecule has 1 unspecified atom stereocenters. The Balaban J connectivity index is 3.97. The van der Waals surface area contributed by atoms with E-state index in [9.17, 15) is 9.59 Å². The molecule has 0 bridgehead atoms. The monoisotopic (exact) mass is 204 g/mol. The van der Waals surface area contributed by atoms with Crippen molar-refractivity contribution in [2.75, 3.05) is 20.3 Å². The third-order valence-corrected chi connectivity index (χ3v) is 1.40. The average molecular weight is 204 g/mol. The first-order chi connectivity index (χ1) is 6.61. The second kappa shape index (κ2) is 7.28. The fraction of sp³-hybridized carbons (Fsp3) is 0.750. The summed E-state index contributed by atoms with van der Waals surface area (Å²) >= 11 is 0. The lowest BCUT2D eigenvalue weighted by Crippen LogP contribution is -2.47. The van der Waals surface area contributed by atoms with Crippen molar-refractivity contribution >= 4 is 11.9 Å². The summed E-state index contributed by atoms with van der Waals surface area (Å²) in [5.41, 5.74) is 2.54. The average Bonchev–Trinajstić information content (AvgIpc) is 2.15. The van der Waals surface area contributed by atoms with Crippen molar-refractivity contribution in [3.05, 3.63) is 0 Å². The highest BCUT2D eigenvalue weighted by Gasteiger charge is 2.19. The first kappa shape index (κ1) is 12.9. The second-order valence-electron chi connectivity index (χ2n) is 2.56. The molecular formula is C8H16N2O4. The van der Waals surface area contributed by atoms with Crippen LogP contribution in [-0.2, 0) is 19.2 Å². The fourth-order valence-electron chi connectivity index (χ4n) is 0.825. The van der Waals surface area contributed by atoms with Crippen LogP contribution in [0.5, 0.6) is 0 Å². The van der Waals surface area contributed by atoms with Crippen LogP contribution in [0.2, 0.25) is 0 Å². The van der Waals surface area contributed by atoms with Crippen LogP contribution in [0.3, 0.4) is 0 Å². The Morgan fingerprint density at radius 3 is 2.50 bits per heavy atom. The van der Waals surface area contributed by atoms with E-state index in [0.29, 0.717) is 6.61 Å². The number of carbonyl (C=O) groups excluding carboxylic acids is 2. The third kappa shape index (κ3) is 5.50. The Morgan fingerprint density at radius 2 is 2.07 bits per heavy atom. The first-order valence-corrected chi connectivity index (χ1v) is 4.31. The zero-order valence-electron chi connectivity index (χ0n) is 8.62. The normalized spacial score (nSPS) is 11.9. The molecule has 0 rings (SSSR count). The lowest BCUT2D eigenvalue weighted by Gasteiger charge is -2.15. The summed E-state index contributed by atoms with van der Waals surface area (Å²) in [5, 5.41) is 2.43. The minimum atomic E-state index is -0.718. The van der Waals surface area contributed by atoms with Gasteiger partial charge in [0.15, 0.2) is 0 Å². The standard InChI is InChI=1S/C8H16N2O4/c1-4-14-9-5-7(8(12)13-3)10-6(2)11/h7,9H,4-5H2,1-3H3,(H,10,11). The fourth-order valence-corrected chi connectivity index (χ4v) is 0.825. The van der Waals surface area contributed by atoms with Gasteiger partial charge in [0.05, 0.1) is 20.3 Å². The van der Waals surface area contributed by atoms with Gasteiger partial charge in [-0.1, -0.05) is 0 Å². The zero-order valence-corrected chi connectivity index (χ0v) is 8.62. The summed E-state index contributed by atoms with van der Waals surface area (Å²) in [6, 6.07) is -0.718. The number of carbonyl (C=O) groups is 2. The Labute approximate surface area is 82.9 Å². The molecule has 0 aliphatic rings. The maximum atomic E-state index is 11.1. The van der Waals surface area contributed by atoms with Gasteiger partial charge in [0, 0.05) is 6.92 Å². The van der Waals surface area contributed by atoms with Crippen molar-refractivity contribution < 1.29 is 19.2 Å². The van der Waals surface area contributed by atoms with Crippen molar-refractivity contribution in [1.29, 1.82) is 0 Å². The molecule has 0 saturated heterocycles. The van der Waals surface area contributed by atoms with Crippen LogP contribution in [-0.4, -0.2) is 38.2 Å². The van der Waals surface area contributed by atoms with Gasteiger partial charge >= 0.3 is 5.97 Å². The molecule has 6 heteroatoms. The molecule has 0 saturated carbocycles. The summed E-state index contributed by atoms with van der Waals surface area (Å²) in [5.74, 6) is -0.800. The highest BCUT2D eigenvalue weighted by molar-refractivity contribution is 5.83. The zero-order chi connectivity index (χ0) is 11.0. The van der Waals surface area contributed by atoms with Gasteiger partial charge in [-0.2, -0.15) is 5.48 Å². The molecule has 82 valence electrons. The first-order valence-electron chi connectivity index (χ1n) is 4.31. The Bertz CT molecular complexity index is 196. The van der Waals surface area contributed by atoms with E-state index in [1.807, 2.05) is 0 Å². The molecule has 0 radical (unpaired) electrons. The van der Waals surface area contributed by atoms with Gasteiger partial charge in [-0.15, -0.1) is 0 Å². The van der Waals surface area contributed by atoms with Crippen molar-refractivity contribution in [3.63, 3.8) is 0 Å². The number of nitrogens with one attached hydrogen (secondary N) is 2. The van der Waals surface area contributed by atoms with Gasteiger partial charge in [-0.25, -0.2) is 4.79 Å². The van der Waals surface area contributed by atoms with Crippen LogP contribution < -0.4 is 10.8 Å². The van der Waals surface area contributed by atoms with Crippen molar-refractivity contribution in [3.8, 4) is 0 Å². The number of methoxy groups -OCH3 is 1. The van der Waals surface area contributed by atoms with E-state index in [2.05, 4.69) is 15.5 Å². The highest BCUT2D eigenvalue weighted by atomic mass is 16.6. The quantitative estimate of drug-likeness (QED) is 0.337. The molecule has 0 aromatic heterocycles. The van der Waals surface area contributed by atoms with E-state index in [-0.39, 0.29) is 12.5 Å². The molecule has 1 amide bonds. The predicted octanol–water partition coefficient (Wildman–Crippen LogP) is -0.795. The van der Waals surface area contributed by atoms with Gasteiger partial charge in [0.1, 0.15) is 6.04 Å². The van der Waals surface area contributed by atoms with E-state index < -0.39 is 12.0 Å². The number of hydrogen-bond acceptors (Lipinski definition) is 5. The molecule has 6 nitrogen and oxygen atoms in total. The van der Waals surface area contributed by atoms with Gasteiger partial charge < -0.3 is 14.9 Å². The Kier molecular flexibility index (Phi) is 6.69. The van der Waals surface area contributed by atoms with Gasteiger partial charge in [-0.05, 0) is 6.92 Å². The lowest BCUT2D eigenvalue weighted by atomic mass is 10.3. The van der Waals surface area contributed by atoms with Gasteiger partial charge in [0.25, 0.3) is 0 Å². The lowest BCUT2D eigenvalue weighted by molar-refractivity contribution is -0.145. The Hall–Kier alpha value is -1.14. The highest BCUT2D eigenvalue weighted by Crippen LogP contribution is 1.86. The van der Waals surface area contributed by atoms with E-state index in [1.54, 1.807) is 6.92 Å². The summed E-state index contributed by atoms with van der Waals surface area (Å²) in [4.78, 5) is 26.7. The molecule has 14 heavy (non-hydrogen) atoms. The second-order valence-corrected chi connectivity index (χ2v) is 2.56. The molecule has 0 aliphatic heterocycles. The van der Waals surface area contributed by atoms with Crippen molar-refractivity contribution in [1.82, 2.24) is 10.8 Å². The molecule has 2 N–H and O–H groups in total. The topological polar surface area (TPSA) is 76.7 Å². The van der Waals surface area contributed by atoms with E-state index in [0.717, 1.165) is 0 Å². The summed E-state index contributed by atoms with van der Waals surface area (Å²) in [6.07, 6.45) is 0. The van der Waals surface area contributed by atoms with Crippen LogP contribution >= 0.6 is 0 Å². The molecule has 0 spiro atoms. The maximum Gasteiger partial charge on any atom is 0.329 e. The molecule has 0 heterocycles. The predicted molar refractivity (Wildman–Crippen MR) is 49.2 cm³/mol. The molecule has 0 aromatic carbocycles. The third-order valence-electron chi connectivity index (χ3n) is 1.40. The van der Waals surface area contributed by atoms with Gasteiger partial charge in [0.2, 0.25) is 5.91 Å². The van der Waals surface area contributed by atoms with Gasteiger partial charge in [-0.3, -0.25) is 4.79 Å². The van der Waals surface area contributed by atoms with Crippen molar-refractivity contribution in [2.45, 2.75) is 19.9 Å². The molecule has 0 fully saturated rings. The van der Waals surface area contributed by atoms with Crippen LogP contribution in [0.4, 0.5) is 0 Å². The molecular weight excluding hydrogens is 188 g/mol. The number of hydrogen-bond donors (Lipinski definition) is 2. The minimum Gasteiger partial charge on any atom is -0.467 e. The van der Waals surface area contributed by atoms with Crippen LogP contribution in [0.25, 0.3) is 0 Å². The number of hydroxylamine groups is 1. The minimum absolute atomic E-state index is 0.181. The SMILES string of the molecule is CCONCC(NC(C)=O)C(=O)OC.